The lowest BCUT2D eigenvalue weighted by Crippen LogP contribution is -3.10. The minimum absolute atomic E-state index is 0.340. The number of allylic oxidation sites excluding steroid dienone is 4. The number of methoxy groups -OCH3 is 1. The first kappa shape index (κ1) is 25.4. The van der Waals surface area contributed by atoms with Gasteiger partial charge in [0.05, 0.1) is 5.25 Å². The summed E-state index contributed by atoms with van der Waals surface area (Å²) in [5.74, 6) is 0. The van der Waals surface area contributed by atoms with Crippen molar-refractivity contribution < 1.29 is 9.75 Å². The topological polar surface area (TPSA) is 26.0 Å². The molecule has 0 radical (unpaired) electrons. The second kappa shape index (κ2) is 12.3. The number of nitrogens with one attached hydrogen (secondary N) is 1. The molecule has 2 aromatic carbocycles. The van der Waals surface area contributed by atoms with Gasteiger partial charge in [-0.3, -0.25) is 0 Å². The van der Waals surface area contributed by atoms with Crippen LogP contribution in [-0.4, -0.2) is 42.5 Å². The average molecular weight is 494 g/mol. The Balaban J connectivity index is 1.82. The standard InChI is InChI=1S/C29H37N2OPS/c1-22(2)34-23(3)29(30-31-20-12-13-24(31)21-32-4)27-18-11-19-28(27)33(25-14-7-5-8-15-25)26-16-9-6-10-17-26/h5-11,14-18,22-24H,12-13,19-21H2,1-4H3/p+1/b30-29+. The Morgan fingerprint density at radius 2 is 1.71 bits per heavy atom. The third kappa shape index (κ3) is 6.10. The van der Waals surface area contributed by atoms with Gasteiger partial charge in [-0.2, -0.15) is 0 Å². The highest BCUT2D eigenvalue weighted by molar-refractivity contribution is 8.01. The van der Waals surface area contributed by atoms with Crippen LogP contribution in [0, 0.1) is 0 Å². The Bertz CT molecular complexity index is 979. The van der Waals surface area contributed by atoms with Crippen LogP contribution < -0.4 is 15.6 Å². The van der Waals surface area contributed by atoms with Crippen LogP contribution in [0.1, 0.15) is 40.0 Å². The molecule has 1 aliphatic heterocycles. The summed E-state index contributed by atoms with van der Waals surface area (Å²) in [6.45, 7) is 8.79. The first-order chi connectivity index (χ1) is 16.6. The zero-order chi connectivity index (χ0) is 23.9. The summed E-state index contributed by atoms with van der Waals surface area (Å²) in [6.07, 6.45) is 8.11. The summed E-state index contributed by atoms with van der Waals surface area (Å²) in [7, 11) is 1.20. The van der Waals surface area contributed by atoms with E-state index in [4.69, 9.17) is 9.84 Å². The summed E-state index contributed by atoms with van der Waals surface area (Å²) in [5, 5.41) is 12.1. The van der Waals surface area contributed by atoms with E-state index in [1.165, 1.54) is 45.1 Å². The number of thioether (sulfide) groups is 1. The zero-order valence-electron chi connectivity index (χ0n) is 20.9. The summed E-state index contributed by atoms with van der Waals surface area (Å²) in [4.78, 5) is 0. The van der Waals surface area contributed by atoms with Gasteiger partial charge >= 0.3 is 0 Å². The van der Waals surface area contributed by atoms with Crippen LogP contribution in [0.4, 0.5) is 0 Å². The Hall–Kier alpha value is -1.71. The van der Waals surface area contributed by atoms with E-state index >= 15 is 0 Å². The second-order valence-corrected chi connectivity index (χ2v) is 13.5. The number of hydrogen-bond acceptors (Lipinski definition) is 3. The molecule has 5 heteroatoms. The van der Waals surface area contributed by atoms with E-state index in [1.807, 2.05) is 18.9 Å². The molecule has 0 amide bonds. The molecule has 34 heavy (non-hydrogen) atoms. The minimum Gasteiger partial charge on any atom is -0.378 e. The maximum absolute atomic E-state index is 5.55. The SMILES string of the molecule is COCC1CCC[NH+]1/N=C(/C1=C(P(c2ccccc2)c2ccccc2)CC=C1)C(C)SC(C)C. The number of hydrogen-bond donors (Lipinski definition) is 1. The molecule has 1 heterocycles. The third-order valence-electron chi connectivity index (χ3n) is 6.43. The molecular formula is C29H38N2OPS+. The van der Waals surface area contributed by atoms with Gasteiger partial charge in [-0.05, 0) is 42.4 Å². The molecule has 1 N–H and O–H groups in total. The van der Waals surface area contributed by atoms with Gasteiger partial charge < -0.3 is 4.74 Å². The third-order valence-corrected chi connectivity index (χ3v) is 10.2. The van der Waals surface area contributed by atoms with E-state index in [0.29, 0.717) is 16.5 Å². The summed E-state index contributed by atoms with van der Waals surface area (Å²) in [5.41, 5.74) is 2.63. The average Bonchev–Trinajstić information content (AvgIpc) is 3.48. The predicted molar refractivity (Wildman–Crippen MR) is 150 cm³/mol. The highest BCUT2D eigenvalue weighted by atomic mass is 32.2. The largest absolute Gasteiger partial charge is 0.378 e. The lowest BCUT2D eigenvalue weighted by molar-refractivity contribution is -0.919. The molecule has 4 rings (SSSR count). The van der Waals surface area contributed by atoms with Gasteiger partial charge in [0.25, 0.3) is 0 Å². The van der Waals surface area contributed by atoms with Gasteiger partial charge in [0.15, 0.2) is 0 Å². The van der Waals surface area contributed by atoms with E-state index < -0.39 is 7.92 Å². The van der Waals surface area contributed by atoms with Crippen molar-refractivity contribution in [2.24, 2.45) is 5.10 Å². The van der Waals surface area contributed by atoms with Crippen LogP contribution in [-0.2, 0) is 4.74 Å². The zero-order valence-corrected chi connectivity index (χ0v) is 22.6. The molecule has 0 aromatic heterocycles. The monoisotopic (exact) mass is 493 g/mol. The molecule has 3 nitrogen and oxygen atoms in total. The molecule has 0 saturated carbocycles. The molecule has 0 bridgehead atoms. The number of nitrogens with zero attached hydrogens (tertiary/aromatic N) is 1. The van der Waals surface area contributed by atoms with E-state index in [-0.39, 0.29) is 0 Å². The molecule has 1 saturated heterocycles. The van der Waals surface area contributed by atoms with E-state index in [9.17, 15) is 0 Å². The lowest BCUT2D eigenvalue weighted by Gasteiger charge is -2.25. The number of quaternary nitrogens is 1. The Kier molecular flexibility index (Phi) is 9.19. The van der Waals surface area contributed by atoms with Gasteiger partial charge in [0.1, 0.15) is 24.9 Å². The van der Waals surface area contributed by atoms with Crippen molar-refractivity contribution in [2.75, 3.05) is 20.3 Å². The maximum Gasteiger partial charge on any atom is 0.135 e. The lowest BCUT2D eigenvalue weighted by atomic mass is 10.1. The minimum atomic E-state index is -0.611. The first-order valence-corrected chi connectivity index (χ1v) is 14.8. The Morgan fingerprint density at radius 3 is 2.29 bits per heavy atom. The van der Waals surface area contributed by atoms with Crippen LogP contribution in [0.15, 0.2) is 88.8 Å². The fourth-order valence-corrected chi connectivity index (χ4v) is 8.69. The van der Waals surface area contributed by atoms with Crippen molar-refractivity contribution in [3.8, 4) is 0 Å². The normalized spacial score (nSPS) is 21.8. The summed E-state index contributed by atoms with van der Waals surface area (Å²) < 4.78 is 5.55. The van der Waals surface area contributed by atoms with Gasteiger partial charge in [-0.25, -0.2) is 5.01 Å². The fraction of sp³-hybridized carbons (Fsp3) is 0.414. The van der Waals surface area contributed by atoms with Crippen molar-refractivity contribution in [2.45, 2.75) is 56.6 Å². The fourth-order valence-electron chi connectivity index (χ4n) is 4.98. The molecule has 2 aliphatic rings. The highest BCUT2D eigenvalue weighted by Gasteiger charge is 2.33. The molecule has 1 fully saturated rings. The number of ether oxygens (including phenoxy) is 1. The molecule has 3 atom stereocenters. The molecule has 180 valence electrons. The Morgan fingerprint density at radius 1 is 1.06 bits per heavy atom. The number of rotatable bonds is 10. The van der Waals surface area contributed by atoms with Crippen molar-refractivity contribution >= 4 is 36.0 Å². The molecule has 2 aromatic rings. The van der Waals surface area contributed by atoms with Crippen LogP contribution in [0.5, 0.6) is 0 Å². The van der Waals surface area contributed by atoms with Gasteiger partial charge in [-0.15, -0.1) is 11.8 Å². The van der Waals surface area contributed by atoms with E-state index in [1.54, 1.807) is 0 Å². The Labute approximate surface area is 211 Å². The quantitative estimate of drug-likeness (QED) is 0.376. The molecule has 0 spiro atoms. The first-order valence-electron chi connectivity index (χ1n) is 12.5. The van der Waals surface area contributed by atoms with Crippen LogP contribution in [0.25, 0.3) is 0 Å². The van der Waals surface area contributed by atoms with Crippen molar-refractivity contribution in [3.05, 3.63) is 83.7 Å². The molecular weight excluding hydrogens is 455 g/mol. The molecule has 3 unspecified atom stereocenters. The number of benzene rings is 2. The van der Waals surface area contributed by atoms with Crippen molar-refractivity contribution in [1.82, 2.24) is 0 Å². The van der Waals surface area contributed by atoms with Crippen LogP contribution in [0.2, 0.25) is 0 Å². The predicted octanol–water partition coefficient (Wildman–Crippen LogP) is 4.91. The highest BCUT2D eigenvalue weighted by Crippen LogP contribution is 2.49. The summed E-state index contributed by atoms with van der Waals surface area (Å²) >= 11 is 2.02. The van der Waals surface area contributed by atoms with Crippen LogP contribution >= 0.6 is 19.7 Å². The van der Waals surface area contributed by atoms with Gasteiger partial charge in [0.2, 0.25) is 0 Å². The van der Waals surface area contributed by atoms with Gasteiger partial charge in [0, 0.05) is 25.5 Å². The van der Waals surface area contributed by atoms with Crippen LogP contribution in [0.3, 0.4) is 0 Å². The van der Waals surface area contributed by atoms with E-state index in [0.717, 1.165) is 19.6 Å². The molecule has 1 aliphatic carbocycles. The van der Waals surface area contributed by atoms with Crippen molar-refractivity contribution in [3.63, 3.8) is 0 Å². The smallest absolute Gasteiger partial charge is 0.135 e. The second-order valence-electron chi connectivity index (χ2n) is 9.33. The van der Waals surface area contributed by atoms with Gasteiger partial charge in [-0.1, -0.05) is 91.8 Å². The summed E-state index contributed by atoms with van der Waals surface area (Å²) in [6, 6.07) is 22.6. The van der Waals surface area contributed by atoms with E-state index in [2.05, 4.69) is 93.6 Å². The van der Waals surface area contributed by atoms with Crippen molar-refractivity contribution in [1.29, 1.82) is 0 Å². The maximum atomic E-state index is 5.55.